The fourth-order valence-electron chi connectivity index (χ4n) is 3.36. The summed E-state index contributed by atoms with van der Waals surface area (Å²) in [6.07, 6.45) is 0. The molecule has 29 heavy (non-hydrogen) atoms. The van der Waals surface area contributed by atoms with Crippen molar-refractivity contribution in [2.24, 2.45) is 0 Å². The average Bonchev–Trinajstić information content (AvgIpc) is 2.83. The van der Waals surface area contributed by atoms with Crippen molar-refractivity contribution < 1.29 is 13.6 Å². The Morgan fingerprint density at radius 1 is 0.966 bits per heavy atom. The highest BCUT2D eigenvalue weighted by Gasteiger charge is 2.38. The number of para-hydroxylation sites is 2. The Kier molecular flexibility index (Phi) is 5.12. The molecule has 0 radical (unpaired) electrons. The number of fused-ring (bicyclic) bond motifs is 1. The normalized spacial score (nSPS) is 20.1. The van der Waals surface area contributed by atoms with Crippen LogP contribution in [0.2, 0.25) is 0 Å². The van der Waals surface area contributed by atoms with Crippen molar-refractivity contribution in [3.05, 3.63) is 84.4 Å². The van der Waals surface area contributed by atoms with Crippen molar-refractivity contribution in [3.8, 4) is 11.5 Å². The molecule has 0 spiro atoms. The summed E-state index contributed by atoms with van der Waals surface area (Å²) >= 11 is 0. The van der Waals surface area contributed by atoms with Gasteiger partial charge in [-0.25, -0.2) is 9.65 Å². The highest BCUT2D eigenvalue weighted by atomic mass is 31.2. The number of benzene rings is 3. The maximum Gasteiger partial charge on any atom is 0.512 e. The predicted molar refractivity (Wildman–Crippen MR) is 117 cm³/mol. The third kappa shape index (κ3) is 4.16. The van der Waals surface area contributed by atoms with Gasteiger partial charge in [-0.2, -0.15) is 0 Å². The fourth-order valence-corrected chi connectivity index (χ4v) is 4.93. The average molecular weight is 408 g/mol. The molecule has 1 aliphatic heterocycles. The lowest BCUT2D eigenvalue weighted by molar-refractivity contribution is 0.374. The first-order valence-corrected chi connectivity index (χ1v) is 11.1. The molecule has 1 unspecified atom stereocenters. The lowest BCUT2D eigenvalue weighted by Crippen LogP contribution is -2.30. The van der Waals surface area contributed by atoms with Crippen LogP contribution in [0.25, 0.3) is 0 Å². The van der Waals surface area contributed by atoms with E-state index in [4.69, 9.17) is 9.05 Å². The molecule has 1 heterocycles. The minimum atomic E-state index is -3.55. The van der Waals surface area contributed by atoms with E-state index in [9.17, 15) is 4.57 Å². The van der Waals surface area contributed by atoms with E-state index in [1.807, 2.05) is 55.6 Å². The molecule has 150 valence electrons. The van der Waals surface area contributed by atoms with Gasteiger partial charge in [0.05, 0.1) is 0 Å². The van der Waals surface area contributed by atoms with Gasteiger partial charge in [-0.1, -0.05) is 50.2 Å². The number of hydrogen-bond donors (Lipinski definition) is 1. The monoisotopic (exact) mass is 408 g/mol. The van der Waals surface area contributed by atoms with Crippen LogP contribution in [0.5, 0.6) is 11.5 Å². The van der Waals surface area contributed by atoms with Crippen molar-refractivity contribution >= 4 is 19.1 Å². The Hall–Kier alpha value is -2.75. The molecule has 6 heteroatoms. The largest absolute Gasteiger partial charge is 0.512 e. The van der Waals surface area contributed by atoms with E-state index in [0.717, 1.165) is 16.9 Å². The second-order valence-corrected chi connectivity index (χ2v) is 9.46. The van der Waals surface area contributed by atoms with Crippen molar-refractivity contribution in [2.45, 2.75) is 19.3 Å². The quantitative estimate of drug-likeness (QED) is 0.545. The SMILES string of the molecule is CN(c1ccccc1)c1ccc2c(c1)C(C)(C)CNP(=O)(Oc1ccccc1)O2. The van der Waals surface area contributed by atoms with Gasteiger partial charge in [-0.05, 0) is 42.5 Å². The minimum absolute atomic E-state index is 0.297. The van der Waals surface area contributed by atoms with Crippen LogP contribution in [0.3, 0.4) is 0 Å². The standard InChI is InChI=1S/C23H25N2O3P/c1-23(2)17-24-29(26,27-20-12-8-5-9-13-20)28-22-15-14-19(16-21(22)23)25(3)18-10-6-4-7-11-18/h4-16H,17H2,1-3H3,(H,24,26). The molecule has 0 saturated carbocycles. The molecule has 0 saturated heterocycles. The molecule has 1 N–H and O–H groups in total. The Labute approximate surface area is 171 Å². The van der Waals surface area contributed by atoms with E-state index < -0.39 is 7.75 Å². The molecule has 3 aromatic rings. The molecular weight excluding hydrogens is 383 g/mol. The van der Waals surface area contributed by atoms with Crippen LogP contribution in [0.1, 0.15) is 19.4 Å². The molecule has 3 aromatic carbocycles. The summed E-state index contributed by atoms with van der Waals surface area (Å²) in [5.41, 5.74) is 2.82. The number of nitrogens with one attached hydrogen (secondary N) is 1. The number of nitrogens with zero attached hydrogens (tertiary/aromatic N) is 1. The van der Waals surface area contributed by atoms with Gasteiger partial charge in [0, 0.05) is 35.9 Å². The number of hydrogen-bond acceptors (Lipinski definition) is 4. The maximum absolute atomic E-state index is 13.3. The number of rotatable bonds is 4. The Morgan fingerprint density at radius 2 is 1.62 bits per heavy atom. The van der Waals surface area contributed by atoms with Gasteiger partial charge in [-0.15, -0.1) is 0 Å². The molecular formula is C23H25N2O3P. The second-order valence-electron chi connectivity index (χ2n) is 7.79. The highest BCUT2D eigenvalue weighted by Crippen LogP contribution is 2.51. The van der Waals surface area contributed by atoms with Crippen LogP contribution in [0.15, 0.2) is 78.9 Å². The molecule has 0 bridgehead atoms. The summed E-state index contributed by atoms with van der Waals surface area (Å²) in [6, 6.07) is 25.2. The first kappa shape index (κ1) is 19.6. The van der Waals surface area contributed by atoms with E-state index in [0.29, 0.717) is 18.0 Å². The van der Waals surface area contributed by atoms with Gasteiger partial charge in [0.15, 0.2) is 0 Å². The summed E-state index contributed by atoms with van der Waals surface area (Å²) in [5.74, 6) is 1.08. The number of anilines is 2. The van der Waals surface area contributed by atoms with Crippen molar-refractivity contribution in [1.82, 2.24) is 5.09 Å². The lowest BCUT2D eigenvalue weighted by Gasteiger charge is -2.26. The van der Waals surface area contributed by atoms with E-state index in [1.165, 1.54) is 0 Å². The molecule has 0 aromatic heterocycles. The van der Waals surface area contributed by atoms with Crippen LogP contribution >= 0.6 is 7.75 Å². The molecule has 0 aliphatic carbocycles. The van der Waals surface area contributed by atoms with Crippen LogP contribution in [-0.4, -0.2) is 13.6 Å². The topological polar surface area (TPSA) is 50.8 Å². The third-order valence-electron chi connectivity index (χ3n) is 5.13. The Morgan fingerprint density at radius 3 is 2.31 bits per heavy atom. The molecule has 4 rings (SSSR count). The summed E-state index contributed by atoms with van der Waals surface area (Å²) in [6.45, 7) is 4.67. The Balaban J connectivity index is 1.68. The highest BCUT2D eigenvalue weighted by molar-refractivity contribution is 7.52. The minimum Gasteiger partial charge on any atom is -0.405 e. The zero-order valence-electron chi connectivity index (χ0n) is 16.8. The third-order valence-corrected chi connectivity index (χ3v) is 6.56. The fraction of sp³-hybridized carbons (Fsp3) is 0.217. The van der Waals surface area contributed by atoms with E-state index in [-0.39, 0.29) is 5.41 Å². The van der Waals surface area contributed by atoms with E-state index in [1.54, 1.807) is 12.1 Å². The summed E-state index contributed by atoms with van der Waals surface area (Å²) < 4.78 is 25.0. The van der Waals surface area contributed by atoms with Crippen LogP contribution in [0.4, 0.5) is 11.4 Å². The Bertz CT molecular complexity index is 1040. The van der Waals surface area contributed by atoms with Crippen molar-refractivity contribution in [2.75, 3.05) is 18.5 Å². The van der Waals surface area contributed by atoms with Crippen LogP contribution < -0.4 is 19.0 Å². The van der Waals surface area contributed by atoms with Gasteiger partial charge >= 0.3 is 7.75 Å². The lowest BCUT2D eigenvalue weighted by atomic mass is 9.84. The van der Waals surface area contributed by atoms with Gasteiger partial charge in [0.1, 0.15) is 11.5 Å². The first-order valence-electron chi connectivity index (χ1n) is 9.59. The van der Waals surface area contributed by atoms with Gasteiger partial charge in [0.2, 0.25) is 0 Å². The van der Waals surface area contributed by atoms with Crippen LogP contribution in [-0.2, 0) is 9.98 Å². The predicted octanol–water partition coefficient (Wildman–Crippen LogP) is 5.90. The van der Waals surface area contributed by atoms with E-state index >= 15 is 0 Å². The maximum atomic E-state index is 13.3. The molecule has 1 aliphatic rings. The van der Waals surface area contributed by atoms with Crippen molar-refractivity contribution in [3.63, 3.8) is 0 Å². The van der Waals surface area contributed by atoms with Crippen LogP contribution in [0, 0.1) is 0 Å². The summed E-state index contributed by atoms with van der Waals surface area (Å²) in [5, 5.41) is 3.02. The molecule has 0 fully saturated rings. The second kappa shape index (κ2) is 7.58. The van der Waals surface area contributed by atoms with Crippen molar-refractivity contribution in [1.29, 1.82) is 0 Å². The zero-order valence-corrected chi connectivity index (χ0v) is 17.7. The molecule has 1 atom stereocenters. The zero-order chi connectivity index (χ0) is 20.5. The molecule has 5 nitrogen and oxygen atoms in total. The smallest absolute Gasteiger partial charge is 0.405 e. The van der Waals surface area contributed by atoms with E-state index in [2.05, 4.69) is 42.0 Å². The first-order chi connectivity index (χ1) is 13.9. The molecule has 0 amide bonds. The van der Waals surface area contributed by atoms with Gasteiger partial charge in [0.25, 0.3) is 0 Å². The summed E-state index contributed by atoms with van der Waals surface area (Å²) in [4.78, 5) is 2.12. The van der Waals surface area contributed by atoms with Gasteiger partial charge < -0.3 is 13.9 Å². The van der Waals surface area contributed by atoms with Gasteiger partial charge in [-0.3, -0.25) is 0 Å². The summed E-state index contributed by atoms with van der Waals surface area (Å²) in [7, 11) is -1.52.